The fourth-order valence-corrected chi connectivity index (χ4v) is 3.13. The summed E-state index contributed by atoms with van der Waals surface area (Å²) in [6.07, 6.45) is 8.95. The highest BCUT2D eigenvalue weighted by atomic mass is 33.1. The smallest absolute Gasteiger partial charge is 0.303 e. The number of rotatable bonds is 6. The molecule has 2 N–H and O–H groups in total. The predicted molar refractivity (Wildman–Crippen MR) is 62.1 cm³/mol. The Hall–Kier alpha value is -0.550. The van der Waals surface area contributed by atoms with Crippen molar-refractivity contribution in [2.24, 2.45) is 0 Å². The molecule has 1 rings (SSSR count). The van der Waals surface area contributed by atoms with Crippen LogP contribution in [0.25, 0.3) is 0 Å². The Balaban J connectivity index is 1.96. The van der Waals surface area contributed by atoms with Gasteiger partial charge in [0, 0.05) is 12.2 Å². The Morgan fingerprint density at radius 3 is 3.00 bits per heavy atom. The molecule has 0 aromatic rings. The van der Waals surface area contributed by atoms with Crippen molar-refractivity contribution in [1.82, 2.24) is 5.32 Å². The average Bonchev–Trinajstić information content (AvgIpc) is 2.18. The Bertz CT molecular complexity index is 241. The molecule has 0 spiro atoms. The summed E-state index contributed by atoms with van der Waals surface area (Å²) in [4.78, 5) is 10.2. The van der Waals surface area contributed by atoms with Crippen LogP contribution in [0.3, 0.4) is 0 Å². The van der Waals surface area contributed by atoms with Gasteiger partial charge in [0.2, 0.25) is 0 Å². The van der Waals surface area contributed by atoms with E-state index in [0.29, 0.717) is 5.37 Å². The number of carboxylic acids is 1. The molecule has 1 heterocycles. The SMILES string of the molecule is O=C(O)CCCSSC1C=CC=CN1. The first-order valence-electron chi connectivity index (χ1n) is 4.38. The van der Waals surface area contributed by atoms with Crippen LogP contribution in [0.4, 0.5) is 0 Å². The molecular formula is C9H13NO2S2. The summed E-state index contributed by atoms with van der Waals surface area (Å²) in [5, 5.41) is 11.9. The lowest BCUT2D eigenvalue weighted by Crippen LogP contribution is -2.18. The maximum atomic E-state index is 10.2. The summed E-state index contributed by atoms with van der Waals surface area (Å²) in [5.74, 6) is 0.168. The summed E-state index contributed by atoms with van der Waals surface area (Å²) in [7, 11) is 3.43. The van der Waals surface area contributed by atoms with E-state index in [1.807, 2.05) is 18.4 Å². The largest absolute Gasteiger partial charge is 0.481 e. The maximum absolute atomic E-state index is 10.2. The Labute approximate surface area is 91.4 Å². The van der Waals surface area contributed by atoms with Gasteiger partial charge in [0.15, 0.2) is 0 Å². The zero-order valence-electron chi connectivity index (χ0n) is 7.68. The van der Waals surface area contributed by atoms with Crippen LogP contribution in [0.2, 0.25) is 0 Å². The number of hydrogen-bond acceptors (Lipinski definition) is 4. The summed E-state index contributed by atoms with van der Waals surface area (Å²) in [6, 6.07) is 0. The minimum atomic E-state index is -0.714. The van der Waals surface area contributed by atoms with Gasteiger partial charge in [-0.2, -0.15) is 0 Å². The van der Waals surface area contributed by atoms with Gasteiger partial charge >= 0.3 is 5.97 Å². The molecule has 3 nitrogen and oxygen atoms in total. The molecule has 0 radical (unpaired) electrons. The van der Waals surface area contributed by atoms with Crippen molar-refractivity contribution in [3.8, 4) is 0 Å². The Morgan fingerprint density at radius 2 is 2.36 bits per heavy atom. The van der Waals surface area contributed by atoms with E-state index in [2.05, 4.69) is 11.4 Å². The number of dihydropyridines is 1. The average molecular weight is 231 g/mol. The number of carboxylic acid groups (broad SMARTS) is 1. The van der Waals surface area contributed by atoms with E-state index < -0.39 is 5.97 Å². The molecule has 1 aliphatic heterocycles. The highest BCUT2D eigenvalue weighted by Gasteiger charge is 2.04. The standard InChI is InChI=1S/C9H13NO2S2/c11-9(12)5-3-7-13-14-8-4-1-2-6-10-8/h1-2,4,6,8,10H,3,5,7H2,(H,11,12). The second kappa shape index (κ2) is 6.84. The van der Waals surface area contributed by atoms with Crippen LogP contribution in [0, 0.1) is 0 Å². The molecule has 0 aliphatic carbocycles. The van der Waals surface area contributed by atoms with Crippen LogP contribution < -0.4 is 5.32 Å². The van der Waals surface area contributed by atoms with Crippen LogP contribution in [0.15, 0.2) is 24.4 Å². The first-order valence-corrected chi connectivity index (χ1v) is 6.77. The maximum Gasteiger partial charge on any atom is 0.303 e. The first-order chi connectivity index (χ1) is 6.79. The monoisotopic (exact) mass is 231 g/mol. The lowest BCUT2D eigenvalue weighted by Gasteiger charge is -2.13. The summed E-state index contributed by atoms with van der Waals surface area (Å²) in [5.41, 5.74) is 0. The highest BCUT2D eigenvalue weighted by molar-refractivity contribution is 8.77. The van der Waals surface area contributed by atoms with Gasteiger partial charge in [-0.15, -0.1) is 0 Å². The van der Waals surface area contributed by atoms with Crippen molar-refractivity contribution in [3.05, 3.63) is 24.4 Å². The number of hydrogen-bond donors (Lipinski definition) is 2. The van der Waals surface area contributed by atoms with Gasteiger partial charge in [-0.1, -0.05) is 33.7 Å². The van der Waals surface area contributed by atoms with E-state index >= 15 is 0 Å². The molecule has 0 amide bonds. The third-order valence-electron chi connectivity index (χ3n) is 1.54. The van der Waals surface area contributed by atoms with Crippen molar-refractivity contribution in [1.29, 1.82) is 0 Å². The second-order valence-electron chi connectivity index (χ2n) is 2.75. The van der Waals surface area contributed by atoms with Gasteiger partial charge in [0.25, 0.3) is 0 Å². The number of carbonyl (C=O) groups is 1. The van der Waals surface area contributed by atoms with E-state index in [-0.39, 0.29) is 6.42 Å². The molecule has 1 atom stereocenters. The van der Waals surface area contributed by atoms with Crippen molar-refractivity contribution in [2.45, 2.75) is 18.2 Å². The highest BCUT2D eigenvalue weighted by Crippen LogP contribution is 2.27. The van der Waals surface area contributed by atoms with Crippen LogP contribution >= 0.6 is 21.6 Å². The summed E-state index contributed by atoms with van der Waals surface area (Å²) < 4.78 is 0. The van der Waals surface area contributed by atoms with E-state index in [0.717, 1.165) is 12.2 Å². The van der Waals surface area contributed by atoms with Crippen molar-refractivity contribution in [2.75, 3.05) is 5.75 Å². The molecular weight excluding hydrogens is 218 g/mol. The first kappa shape index (κ1) is 11.5. The zero-order chi connectivity index (χ0) is 10.2. The Morgan fingerprint density at radius 1 is 1.50 bits per heavy atom. The zero-order valence-corrected chi connectivity index (χ0v) is 9.31. The normalized spacial score (nSPS) is 19.3. The molecule has 1 unspecified atom stereocenters. The van der Waals surface area contributed by atoms with Gasteiger partial charge < -0.3 is 10.4 Å². The molecule has 1 aliphatic rings. The molecule has 5 heteroatoms. The lowest BCUT2D eigenvalue weighted by molar-refractivity contribution is -0.137. The Kier molecular flexibility index (Phi) is 5.63. The molecule has 14 heavy (non-hydrogen) atoms. The van der Waals surface area contributed by atoms with Gasteiger partial charge in [0.05, 0.1) is 0 Å². The number of allylic oxidation sites excluding steroid dienone is 2. The van der Waals surface area contributed by atoms with Crippen molar-refractivity contribution >= 4 is 27.6 Å². The molecule has 0 fully saturated rings. The molecule has 78 valence electrons. The second-order valence-corrected chi connectivity index (χ2v) is 5.38. The van der Waals surface area contributed by atoms with Crippen LogP contribution in [-0.4, -0.2) is 22.2 Å². The van der Waals surface area contributed by atoms with Crippen molar-refractivity contribution in [3.63, 3.8) is 0 Å². The molecule has 0 aromatic heterocycles. The predicted octanol–water partition coefficient (Wildman–Crippen LogP) is 2.23. The van der Waals surface area contributed by atoms with Gasteiger partial charge in [-0.25, -0.2) is 0 Å². The van der Waals surface area contributed by atoms with Crippen LogP contribution in [-0.2, 0) is 4.79 Å². The van der Waals surface area contributed by atoms with Gasteiger partial charge in [-0.3, -0.25) is 4.79 Å². The number of aliphatic carboxylic acids is 1. The fourth-order valence-electron chi connectivity index (χ4n) is 0.890. The van der Waals surface area contributed by atoms with E-state index in [1.54, 1.807) is 21.6 Å². The summed E-state index contributed by atoms with van der Waals surface area (Å²) >= 11 is 0. The lowest BCUT2D eigenvalue weighted by atomic mass is 10.3. The minimum Gasteiger partial charge on any atom is -0.481 e. The molecule has 0 saturated carbocycles. The third kappa shape index (κ3) is 5.24. The van der Waals surface area contributed by atoms with E-state index in [4.69, 9.17) is 5.11 Å². The third-order valence-corrected chi connectivity index (χ3v) is 4.17. The van der Waals surface area contributed by atoms with Gasteiger partial charge in [0.1, 0.15) is 5.37 Å². The topological polar surface area (TPSA) is 49.3 Å². The molecule has 0 aromatic carbocycles. The van der Waals surface area contributed by atoms with Crippen LogP contribution in [0.1, 0.15) is 12.8 Å². The van der Waals surface area contributed by atoms with E-state index in [1.165, 1.54) is 0 Å². The quantitative estimate of drug-likeness (QED) is 0.542. The molecule has 0 bridgehead atoms. The summed E-state index contributed by atoms with van der Waals surface area (Å²) in [6.45, 7) is 0. The fraction of sp³-hybridized carbons (Fsp3) is 0.444. The van der Waals surface area contributed by atoms with Crippen LogP contribution in [0.5, 0.6) is 0 Å². The van der Waals surface area contributed by atoms with E-state index in [9.17, 15) is 4.79 Å². The minimum absolute atomic E-state index is 0.265. The molecule has 0 saturated heterocycles. The number of nitrogens with one attached hydrogen (secondary N) is 1. The van der Waals surface area contributed by atoms with Crippen molar-refractivity contribution < 1.29 is 9.90 Å². The van der Waals surface area contributed by atoms with Gasteiger partial charge in [-0.05, 0) is 18.7 Å².